The Hall–Kier alpha value is -1.57. The van der Waals surface area contributed by atoms with Crippen LogP contribution in [-0.2, 0) is 4.74 Å². The molecule has 1 aromatic carbocycles. The summed E-state index contributed by atoms with van der Waals surface area (Å²) in [5, 5.41) is 9.26. The molecule has 2 rings (SSSR count). The maximum atomic E-state index is 9.26. The van der Waals surface area contributed by atoms with Gasteiger partial charge in [-0.15, -0.1) is 0 Å². The maximum Gasteiger partial charge on any atom is 0.137 e. The van der Waals surface area contributed by atoms with E-state index in [-0.39, 0.29) is 0 Å². The summed E-state index contributed by atoms with van der Waals surface area (Å²) in [7, 11) is 1.64. The van der Waals surface area contributed by atoms with Crippen molar-refractivity contribution in [2.45, 2.75) is 45.7 Å². The number of hydrogen-bond donors (Lipinski definition) is 0. The molecule has 126 valence electrons. The van der Waals surface area contributed by atoms with Crippen molar-refractivity contribution in [3.05, 3.63) is 29.3 Å². The molecule has 0 radical (unpaired) electrons. The van der Waals surface area contributed by atoms with Crippen LogP contribution in [0.25, 0.3) is 0 Å². The van der Waals surface area contributed by atoms with Gasteiger partial charge in [-0.3, -0.25) is 4.90 Å². The SMILES string of the molecule is COCCOc1cc(C(C)N2C[C@H](C)CC[C@H]2C)ccc1C#N. The van der Waals surface area contributed by atoms with E-state index in [0.29, 0.717) is 36.6 Å². The molecule has 4 heteroatoms. The number of nitrogens with zero attached hydrogens (tertiary/aromatic N) is 2. The number of nitriles is 1. The van der Waals surface area contributed by atoms with E-state index in [9.17, 15) is 5.26 Å². The van der Waals surface area contributed by atoms with Gasteiger partial charge in [0.05, 0.1) is 12.2 Å². The Balaban J connectivity index is 2.17. The van der Waals surface area contributed by atoms with Crippen molar-refractivity contribution in [3.63, 3.8) is 0 Å². The van der Waals surface area contributed by atoms with Crippen molar-refractivity contribution < 1.29 is 9.47 Å². The largest absolute Gasteiger partial charge is 0.490 e. The van der Waals surface area contributed by atoms with Crippen molar-refractivity contribution in [2.24, 2.45) is 5.92 Å². The number of piperidine rings is 1. The Labute approximate surface area is 140 Å². The zero-order valence-corrected chi connectivity index (χ0v) is 14.7. The Morgan fingerprint density at radius 2 is 2.09 bits per heavy atom. The molecule has 0 bridgehead atoms. The van der Waals surface area contributed by atoms with Crippen molar-refractivity contribution in [3.8, 4) is 11.8 Å². The number of methoxy groups -OCH3 is 1. The Bertz CT molecular complexity index is 553. The van der Waals surface area contributed by atoms with Crippen molar-refractivity contribution in [1.29, 1.82) is 5.26 Å². The van der Waals surface area contributed by atoms with Gasteiger partial charge in [0, 0.05) is 25.7 Å². The highest BCUT2D eigenvalue weighted by Crippen LogP contribution is 2.32. The van der Waals surface area contributed by atoms with E-state index in [4.69, 9.17) is 9.47 Å². The first-order valence-corrected chi connectivity index (χ1v) is 8.48. The summed E-state index contributed by atoms with van der Waals surface area (Å²) >= 11 is 0. The van der Waals surface area contributed by atoms with Gasteiger partial charge < -0.3 is 9.47 Å². The summed E-state index contributed by atoms with van der Waals surface area (Å²) in [5.74, 6) is 1.40. The molecule has 23 heavy (non-hydrogen) atoms. The maximum absolute atomic E-state index is 9.26. The molecule has 3 atom stereocenters. The minimum Gasteiger partial charge on any atom is -0.490 e. The molecule has 4 nitrogen and oxygen atoms in total. The summed E-state index contributed by atoms with van der Waals surface area (Å²) in [6.07, 6.45) is 2.56. The van der Waals surface area contributed by atoms with E-state index < -0.39 is 0 Å². The molecule has 0 saturated carbocycles. The van der Waals surface area contributed by atoms with Crippen molar-refractivity contribution in [2.75, 3.05) is 26.9 Å². The summed E-state index contributed by atoms with van der Waals surface area (Å²) in [5.41, 5.74) is 1.79. The van der Waals surface area contributed by atoms with E-state index in [1.165, 1.54) is 18.4 Å². The quantitative estimate of drug-likeness (QED) is 0.750. The monoisotopic (exact) mass is 316 g/mol. The van der Waals surface area contributed by atoms with Gasteiger partial charge in [-0.2, -0.15) is 5.26 Å². The summed E-state index contributed by atoms with van der Waals surface area (Å²) < 4.78 is 10.7. The third-order valence-electron chi connectivity index (χ3n) is 4.82. The number of likely N-dealkylation sites (tertiary alicyclic amines) is 1. The van der Waals surface area contributed by atoms with Crippen LogP contribution in [0.1, 0.15) is 50.8 Å². The van der Waals surface area contributed by atoms with Gasteiger partial charge in [-0.1, -0.05) is 13.0 Å². The normalized spacial score (nSPS) is 23.3. The van der Waals surface area contributed by atoms with Gasteiger partial charge in [0.15, 0.2) is 0 Å². The van der Waals surface area contributed by atoms with Gasteiger partial charge >= 0.3 is 0 Å². The van der Waals surface area contributed by atoms with Crippen LogP contribution in [0.4, 0.5) is 0 Å². The topological polar surface area (TPSA) is 45.5 Å². The molecule has 1 saturated heterocycles. The van der Waals surface area contributed by atoms with Crippen LogP contribution in [0.15, 0.2) is 18.2 Å². The van der Waals surface area contributed by atoms with Gasteiger partial charge in [0.2, 0.25) is 0 Å². The van der Waals surface area contributed by atoms with Crippen LogP contribution in [0.2, 0.25) is 0 Å². The highest BCUT2D eigenvalue weighted by Gasteiger charge is 2.27. The van der Waals surface area contributed by atoms with E-state index in [1.807, 2.05) is 12.1 Å². The molecule has 1 heterocycles. The lowest BCUT2D eigenvalue weighted by Gasteiger charge is -2.41. The number of benzene rings is 1. The van der Waals surface area contributed by atoms with Gasteiger partial charge in [-0.25, -0.2) is 0 Å². The molecular formula is C19H28N2O2. The van der Waals surface area contributed by atoms with Gasteiger partial charge in [0.1, 0.15) is 18.4 Å². The fourth-order valence-electron chi connectivity index (χ4n) is 3.30. The number of rotatable bonds is 6. The Morgan fingerprint density at radius 3 is 2.78 bits per heavy atom. The second-order valence-corrected chi connectivity index (χ2v) is 6.61. The molecule has 1 aliphatic rings. The molecule has 1 unspecified atom stereocenters. The van der Waals surface area contributed by atoms with Crippen LogP contribution >= 0.6 is 0 Å². The molecule has 0 amide bonds. The summed E-state index contributed by atoms with van der Waals surface area (Å²) in [4.78, 5) is 2.56. The van der Waals surface area contributed by atoms with E-state index in [1.54, 1.807) is 7.11 Å². The van der Waals surface area contributed by atoms with Gasteiger partial charge in [0.25, 0.3) is 0 Å². The van der Waals surface area contributed by atoms with E-state index in [2.05, 4.69) is 37.8 Å². The first kappa shape index (κ1) is 17.8. The van der Waals surface area contributed by atoms with Crippen LogP contribution in [0, 0.1) is 17.2 Å². The van der Waals surface area contributed by atoms with E-state index in [0.717, 1.165) is 12.5 Å². The standard InChI is InChI=1S/C19H28N2O2/c1-14-5-6-15(2)21(13-14)16(3)17-7-8-18(12-20)19(11-17)23-10-9-22-4/h7-8,11,14-16H,5-6,9-10,13H2,1-4H3/t14-,15-,16?/m1/s1. The van der Waals surface area contributed by atoms with Crippen molar-refractivity contribution >= 4 is 0 Å². The number of ether oxygens (including phenoxy) is 2. The molecule has 0 spiro atoms. The average Bonchev–Trinajstić information content (AvgIpc) is 2.56. The lowest BCUT2D eigenvalue weighted by molar-refractivity contribution is 0.0842. The highest BCUT2D eigenvalue weighted by molar-refractivity contribution is 5.46. The minimum atomic E-state index is 0.324. The first-order chi connectivity index (χ1) is 11.1. The third-order valence-corrected chi connectivity index (χ3v) is 4.82. The average molecular weight is 316 g/mol. The highest BCUT2D eigenvalue weighted by atomic mass is 16.5. The minimum absolute atomic E-state index is 0.324. The second-order valence-electron chi connectivity index (χ2n) is 6.61. The number of hydrogen-bond acceptors (Lipinski definition) is 4. The zero-order chi connectivity index (χ0) is 16.8. The van der Waals surface area contributed by atoms with Gasteiger partial charge in [-0.05, 0) is 50.3 Å². The molecular weight excluding hydrogens is 288 g/mol. The predicted octanol–water partition coefficient (Wildman–Crippen LogP) is 3.76. The summed E-state index contributed by atoms with van der Waals surface area (Å²) in [6, 6.07) is 9.06. The Morgan fingerprint density at radius 1 is 1.30 bits per heavy atom. The molecule has 0 aliphatic carbocycles. The second kappa shape index (κ2) is 8.33. The predicted molar refractivity (Wildman–Crippen MR) is 91.5 cm³/mol. The van der Waals surface area contributed by atoms with Crippen LogP contribution < -0.4 is 4.74 Å². The first-order valence-electron chi connectivity index (χ1n) is 8.48. The van der Waals surface area contributed by atoms with E-state index >= 15 is 0 Å². The third kappa shape index (κ3) is 4.46. The molecule has 0 aromatic heterocycles. The Kier molecular flexibility index (Phi) is 6.44. The zero-order valence-electron chi connectivity index (χ0n) is 14.7. The molecule has 1 fully saturated rings. The molecule has 1 aliphatic heterocycles. The van der Waals surface area contributed by atoms with Crippen LogP contribution in [0.3, 0.4) is 0 Å². The lowest BCUT2D eigenvalue weighted by Crippen LogP contribution is -2.42. The van der Waals surface area contributed by atoms with Crippen LogP contribution in [0.5, 0.6) is 5.75 Å². The van der Waals surface area contributed by atoms with Crippen molar-refractivity contribution in [1.82, 2.24) is 4.90 Å². The smallest absolute Gasteiger partial charge is 0.137 e. The summed E-state index contributed by atoms with van der Waals surface area (Å²) in [6.45, 7) is 8.98. The fourth-order valence-corrected chi connectivity index (χ4v) is 3.30. The fraction of sp³-hybridized carbons (Fsp3) is 0.632. The molecule has 0 N–H and O–H groups in total. The molecule has 1 aromatic rings. The van der Waals surface area contributed by atoms with Crippen LogP contribution in [-0.4, -0.2) is 37.8 Å². The lowest BCUT2D eigenvalue weighted by atomic mass is 9.92.